The molecule has 0 atom stereocenters. The Hall–Kier alpha value is -0.970. The highest BCUT2D eigenvalue weighted by atomic mass is 79.9. The first kappa shape index (κ1) is 14.1. The van der Waals surface area contributed by atoms with Crippen LogP contribution in [0.3, 0.4) is 0 Å². The quantitative estimate of drug-likeness (QED) is 0.758. The van der Waals surface area contributed by atoms with Crippen LogP contribution in [0.15, 0.2) is 18.5 Å². The molecule has 0 N–H and O–H groups in total. The van der Waals surface area contributed by atoms with Crippen LogP contribution in [0, 0.1) is 0 Å². The Balaban J connectivity index is 2.87. The van der Waals surface area contributed by atoms with E-state index in [0.29, 0.717) is 12.1 Å². The van der Waals surface area contributed by atoms with Crippen LogP contribution < -0.4 is 0 Å². The molecule has 0 aromatic carbocycles. The van der Waals surface area contributed by atoms with E-state index in [0.717, 1.165) is 18.2 Å². The third-order valence-corrected chi connectivity index (χ3v) is 3.16. The van der Waals surface area contributed by atoms with Crippen LogP contribution in [-0.4, -0.2) is 38.9 Å². The SMILES string of the molecule is CCC(CC)N(CCBr)C(=O)c1ccnnc1. The second-order valence-electron chi connectivity index (χ2n) is 3.79. The van der Waals surface area contributed by atoms with Crippen molar-refractivity contribution in [2.24, 2.45) is 0 Å². The van der Waals surface area contributed by atoms with Crippen molar-refractivity contribution in [2.75, 3.05) is 11.9 Å². The van der Waals surface area contributed by atoms with Gasteiger partial charge in [-0.1, -0.05) is 29.8 Å². The average molecular weight is 300 g/mol. The number of halogens is 1. The van der Waals surface area contributed by atoms with Crippen molar-refractivity contribution >= 4 is 21.8 Å². The van der Waals surface area contributed by atoms with E-state index >= 15 is 0 Å². The smallest absolute Gasteiger partial charge is 0.255 e. The number of hydrogen-bond donors (Lipinski definition) is 0. The molecule has 0 radical (unpaired) electrons. The van der Waals surface area contributed by atoms with Gasteiger partial charge in [0, 0.05) is 17.9 Å². The maximum atomic E-state index is 12.3. The fourth-order valence-corrected chi connectivity index (χ4v) is 2.24. The first-order valence-corrected chi connectivity index (χ1v) is 7.00. The summed E-state index contributed by atoms with van der Waals surface area (Å²) in [5.74, 6) is 0.0352. The molecule has 5 heteroatoms. The van der Waals surface area contributed by atoms with Crippen molar-refractivity contribution in [1.82, 2.24) is 15.1 Å². The largest absolute Gasteiger partial charge is 0.335 e. The summed E-state index contributed by atoms with van der Waals surface area (Å²) in [6, 6.07) is 1.99. The number of amides is 1. The monoisotopic (exact) mass is 299 g/mol. The molecule has 1 aromatic heterocycles. The highest BCUT2D eigenvalue weighted by Gasteiger charge is 2.21. The van der Waals surface area contributed by atoms with Crippen LogP contribution in [-0.2, 0) is 0 Å². The van der Waals surface area contributed by atoms with Crippen LogP contribution in [0.1, 0.15) is 37.0 Å². The predicted octanol–water partition coefficient (Wildman–Crippen LogP) is 2.50. The Morgan fingerprint density at radius 1 is 1.41 bits per heavy atom. The van der Waals surface area contributed by atoms with E-state index in [1.54, 1.807) is 12.3 Å². The minimum absolute atomic E-state index is 0.0352. The average Bonchev–Trinajstić information content (AvgIpc) is 2.39. The lowest BCUT2D eigenvalue weighted by atomic mass is 10.1. The molecule has 0 bridgehead atoms. The number of carbonyl (C=O) groups is 1. The lowest BCUT2D eigenvalue weighted by Gasteiger charge is -2.30. The third kappa shape index (κ3) is 3.77. The van der Waals surface area contributed by atoms with Gasteiger partial charge >= 0.3 is 0 Å². The summed E-state index contributed by atoms with van der Waals surface area (Å²) in [7, 11) is 0. The van der Waals surface area contributed by atoms with E-state index in [-0.39, 0.29) is 11.9 Å². The molecular weight excluding hydrogens is 282 g/mol. The molecule has 1 aromatic rings. The topological polar surface area (TPSA) is 46.1 Å². The Bertz CT molecular complexity index is 341. The van der Waals surface area contributed by atoms with Gasteiger partial charge in [-0.2, -0.15) is 10.2 Å². The fraction of sp³-hybridized carbons (Fsp3) is 0.583. The standard InChI is InChI=1S/C12H18BrN3O/c1-3-11(4-2)16(8-6-13)12(17)10-5-7-14-15-9-10/h5,7,9,11H,3-4,6,8H2,1-2H3. The van der Waals surface area contributed by atoms with Gasteiger partial charge in [-0.15, -0.1) is 0 Å². The lowest BCUT2D eigenvalue weighted by molar-refractivity contribution is 0.0682. The summed E-state index contributed by atoms with van der Waals surface area (Å²) in [4.78, 5) is 14.2. The number of hydrogen-bond acceptors (Lipinski definition) is 3. The highest BCUT2D eigenvalue weighted by Crippen LogP contribution is 2.13. The van der Waals surface area contributed by atoms with Gasteiger partial charge in [0.15, 0.2) is 0 Å². The van der Waals surface area contributed by atoms with E-state index < -0.39 is 0 Å². The lowest BCUT2D eigenvalue weighted by Crippen LogP contribution is -2.41. The fourth-order valence-electron chi connectivity index (χ4n) is 1.85. The van der Waals surface area contributed by atoms with Gasteiger partial charge in [-0.3, -0.25) is 4.79 Å². The first-order valence-electron chi connectivity index (χ1n) is 5.88. The molecule has 0 aliphatic heterocycles. The summed E-state index contributed by atoms with van der Waals surface area (Å²) in [6.07, 6.45) is 5.00. The van der Waals surface area contributed by atoms with Crippen LogP contribution in [0.4, 0.5) is 0 Å². The Morgan fingerprint density at radius 2 is 2.12 bits per heavy atom. The minimum atomic E-state index is 0.0352. The number of nitrogens with zero attached hydrogens (tertiary/aromatic N) is 3. The maximum absolute atomic E-state index is 12.3. The summed E-state index contributed by atoms with van der Waals surface area (Å²) in [6.45, 7) is 4.93. The molecule has 17 heavy (non-hydrogen) atoms. The molecule has 4 nitrogen and oxygen atoms in total. The minimum Gasteiger partial charge on any atom is -0.335 e. The van der Waals surface area contributed by atoms with E-state index in [1.807, 2.05) is 4.90 Å². The predicted molar refractivity (Wildman–Crippen MR) is 71.2 cm³/mol. The van der Waals surface area contributed by atoms with Gasteiger partial charge < -0.3 is 4.90 Å². The molecule has 0 fully saturated rings. The number of rotatable bonds is 6. The number of alkyl halides is 1. The highest BCUT2D eigenvalue weighted by molar-refractivity contribution is 9.09. The Kier molecular flexibility index (Phi) is 6.11. The zero-order chi connectivity index (χ0) is 12.7. The Labute approximate surface area is 111 Å². The molecular formula is C12H18BrN3O. The zero-order valence-electron chi connectivity index (χ0n) is 10.3. The molecule has 0 saturated heterocycles. The van der Waals surface area contributed by atoms with E-state index in [4.69, 9.17) is 0 Å². The normalized spacial score (nSPS) is 10.6. The van der Waals surface area contributed by atoms with Gasteiger partial charge in [0.1, 0.15) is 0 Å². The molecule has 1 rings (SSSR count). The van der Waals surface area contributed by atoms with Crippen LogP contribution >= 0.6 is 15.9 Å². The zero-order valence-corrected chi connectivity index (χ0v) is 11.9. The molecule has 94 valence electrons. The number of carbonyl (C=O) groups excluding carboxylic acids is 1. The van der Waals surface area contributed by atoms with Crippen molar-refractivity contribution in [2.45, 2.75) is 32.7 Å². The van der Waals surface area contributed by atoms with Gasteiger partial charge in [-0.25, -0.2) is 0 Å². The van der Waals surface area contributed by atoms with Gasteiger partial charge in [0.05, 0.1) is 18.0 Å². The van der Waals surface area contributed by atoms with Crippen molar-refractivity contribution in [3.63, 3.8) is 0 Å². The molecule has 0 unspecified atom stereocenters. The molecule has 0 aliphatic carbocycles. The van der Waals surface area contributed by atoms with E-state index in [2.05, 4.69) is 40.0 Å². The van der Waals surface area contributed by atoms with Crippen LogP contribution in [0.2, 0.25) is 0 Å². The van der Waals surface area contributed by atoms with Gasteiger partial charge in [-0.05, 0) is 18.9 Å². The molecule has 0 saturated carbocycles. The molecule has 1 heterocycles. The second-order valence-corrected chi connectivity index (χ2v) is 4.58. The maximum Gasteiger partial charge on any atom is 0.255 e. The van der Waals surface area contributed by atoms with Gasteiger partial charge in [0.2, 0.25) is 0 Å². The van der Waals surface area contributed by atoms with Crippen LogP contribution in [0.5, 0.6) is 0 Å². The Morgan fingerprint density at radius 3 is 2.59 bits per heavy atom. The van der Waals surface area contributed by atoms with E-state index in [9.17, 15) is 4.79 Å². The molecule has 1 amide bonds. The summed E-state index contributed by atoms with van der Waals surface area (Å²) in [5.41, 5.74) is 0.604. The molecule has 0 spiro atoms. The van der Waals surface area contributed by atoms with E-state index in [1.165, 1.54) is 6.20 Å². The van der Waals surface area contributed by atoms with Crippen molar-refractivity contribution < 1.29 is 4.79 Å². The van der Waals surface area contributed by atoms with Gasteiger partial charge in [0.25, 0.3) is 5.91 Å². The second kappa shape index (κ2) is 7.37. The van der Waals surface area contributed by atoms with Crippen molar-refractivity contribution in [3.8, 4) is 0 Å². The third-order valence-electron chi connectivity index (χ3n) is 2.80. The van der Waals surface area contributed by atoms with Crippen molar-refractivity contribution in [3.05, 3.63) is 24.0 Å². The summed E-state index contributed by atoms with van der Waals surface area (Å²) in [5, 5.41) is 8.22. The van der Waals surface area contributed by atoms with Crippen molar-refractivity contribution in [1.29, 1.82) is 0 Å². The molecule has 0 aliphatic rings. The summed E-state index contributed by atoms with van der Waals surface area (Å²) >= 11 is 3.40. The summed E-state index contributed by atoms with van der Waals surface area (Å²) < 4.78 is 0. The first-order chi connectivity index (χ1) is 8.24. The number of aromatic nitrogens is 2. The van der Waals surface area contributed by atoms with Crippen LogP contribution in [0.25, 0.3) is 0 Å².